The molecule has 0 amide bonds. The summed E-state index contributed by atoms with van der Waals surface area (Å²) in [5.41, 5.74) is 0. The van der Waals surface area contributed by atoms with Crippen molar-refractivity contribution < 1.29 is 13.2 Å². The van der Waals surface area contributed by atoms with E-state index in [4.69, 9.17) is 16.3 Å². The van der Waals surface area contributed by atoms with Gasteiger partial charge in [-0.25, -0.2) is 13.1 Å². The summed E-state index contributed by atoms with van der Waals surface area (Å²) in [5, 5.41) is 3.29. The summed E-state index contributed by atoms with van der Waals surface area (Å²) in [5.74, 6) is 0.462. The third-order valence-corrected chi connectivity index (χ3v) is 4.81. The van der Waals surface area contributed by atoms with Gasteiger partial charge in [0.25, 0.3) is 0 Å². The Labute approximate surface area is 124 Å². The second kappa shape index (κ2) is 6.76. The first-order valence-corrected chi connectivity index (χ1v) is 7.45. The number of hydrogen-bond acceptors (Lipinski definition) is 4. The fourth-order valence-corrected chi connectivity index (χ4v) is 3.64. The van der Waals surface area contributed by atoms with Crippen molar-refractivity contribution in [3.05, 3.63) is 23.2 Å². The van der Waals surface area contributed by atoms with Gasteiger partial charge < -0.3 is 10.1 Å². The topological polar surface area (TPSA) is 67.4 Å². The average molecular weight is 327 g/mol. The molecule has 1 saturated heterocycles. The van der Waals surface area contributed by atoms with Gasteiger partial charge in [0.1, 0.15) is 10.6 Å². The lowest BCUT2D eigenvalue weighted by Crippen LogP contribution is -2.36. The Bertz CT molecular complexity index is 531. The van der Waals surface area contributed by atoms with E-state index < -0.39 is 10.0 Å². The molecule has 0 aromatic heterocycles. The Balaban J connectivity index is 0.00000180. The summed E-state index contributed by atoms with van der Waals surface area (Å²) in [6.45, 7) is 1.46. The number of rotatable bonds is 4. The van der Waals surface area contributed by atoms with Crippen molar-refractivity contribution in [1.82, 2.24) is 10.0 Å². The van der Waals surface area contributed by atoms with Crippen molar-refractivity contribution >= 4 is 34.0 Å². The molecule has 0 spiro atoms. The Morgan fingerprint density at radius 2 is 2.21 bits per heavy atom. The Kier molecular flexibility index (Phi) is 5.88. The van der Waals surface area contributed by atoms with E-state index in [1.54, 1.807) is 6.07 Å². The molecule has 5 nitrogen and oxygen atoms in total. The summed E-state index contributed by atoms with van der Waals surface area (Å²) >= 11 is 5.93. The van der Waals surface area contributed by atoms with E-state index in [0.29, 0.717) is 12.3 Å². The van der Waals surface area contributed by atoms with Crippen LogP contribution in [0.25, 0.3) is 0 Å². The summed E-state index contributed by atoms with van der Waals surface area (Å²) in [6.07, 6.45) is 0.779. The molecule has 0 radical (unpaired) electrons. The zero-order valence-corrected chi connectivity index (χ0v) is 12.7. The van der Waals surface area contributed by atoms with Crippen molar-refractivity contribution in [2.75, 3.05) is 20.2 Å². The SMILES string of the molecule is COc1ccc(Cl)c(S(=O)(=O)NC2CCNC2)c1.Cl. The number of halogens is 2. The van der Waals surface area contributed by atoms with Crippen molar-refractivity contribution in [1.29, 1.82) is 0 Å². The van der Waals surface area contributed by atoms with Crippen LogP contribution in [0.3, 0.4) is 0 Å². The normalized spacial score (nSPS) is 18.9. The van der Waals surface area contributed by atoms with Gasteiger partial charge >= 0.3 is 0 Å². The molecule has 1 aromatic carbocycles. The lowest BCUT2D eigenvalue weighted by atomic mass is 10.3. The molecule has 0 saturated carbocycles. The highest BCUT2D eigenvalue weighted by atomic mass is 35.5. The first-order chi connectivity index (χ1) is 8.53. The number of benzene rings is 1. The van der Waals surface area contributed by atoms with Crippen molar-refractivity contribution in [2.45, 2.75) is 17.4 Å². The average Bonchev–Trinajstić information content (AvgIpc) is 2.81. The first kappa shape index (κ1) is 16.5. The van der Waals surface area contributed by atoms with Crippen molar-refractivity contribution in [3.8, 4) is 5.75 Å². The number of hydrogen-bond donors (Lipinski definition) is 2. The second-order valence-corrected chi connectivity index (χ2v) is 6.20. The molecule has 0 aliphatic carbocycles. The van der Waals surface area contributed by atoms with Gasteiger partial charge in [-0.1, -0.05) is 11.6 Å². The molecule has 1 unspecified atom stereocenters. The molecule has 1 heterocycles. The second-order valence-electron chi connectivity index (χ2n) is 4.11. The maximum absolute atomic E-state index is 12.2. The van der Waals surface area contributed by atoms with Crippen molar-refractivity contribution in [3.63, 3.8) is 0 Å². The quantitative estimate of drug-likeness (QED) is 0.877. The lowest BCUT2D eigenvalue weighted by molar-refractivity contribution is 0.413. The minimum absolute atomic E-state index is 0. The maximum atomic E-state index is 12.2. The van der Waals surface area contributed by atoms with Crippen LogP contribution in [0.5, 0.6) is 5.75 Å². The van der Waals surface area contributed by atoms with E-state index in [1.165, 1.54) is 19.2 Å². The van der Waals surface area contributed by atoms with Gasteiger partial charge in [-0.15, -0.1) is 12.4 Å². The van der Waals surface area contributed by atoms with Crippen LogP contribution < -0.4 is 14.8 Å². The number of methoxy groups -OCH3 is 1. The van der Waals surface area contributed by atoms with E-state index in [1.807, 2.05) is 0 Å². The highest BCUT2D eigenvalue weighted by Crippen LogP contribution is 2.26. The standard InChI is InChI=1S/C11H15ClN2O3S.ClH/c1-17-9-2-3-10(12)11(6-9)18(15,16)14-8-4-5-13-7-8;/h2-3,6,8,13-14H,4-5,7H2,1H3;1H. The molecule has 1 fully saturated rings. The fourth-order valence-electron chi connectivity index (χ4n) is 1.85. The summed E-state index contributed by atoms with van der Waals surface area (Å²) in [4.78, 5) is 0.0513. The van der Waals surface area contributed by atoms with E-state index in [9.17, 15) is 8.42 Å². The summed E-state index contributed by atoms with van der Waals surface area (Å²) in [6, 6.07) is 4.48. The van der Waals surface area contributed by atoms with Gasteiger partial charge in [0.2, 0.25) is 10.0 Å². The molecule has 1 aliphatic rings. The monoisotopic (exact) mass is 326 g/mol. The zero-order valence-electron chi connectivity index (χ0n) is 10.3. The third kappa shape index (κ3) is 3.97. The maximum Gasteiger partial charge on any atom is 0.242 e. The van der Waals surface area contributed by atoms with Gasteiger partial charge in [-0.3, -0.25) is 0 Å². The molecular weight excluding hydrogens is 311 g/mol. The van der Waals surface area contributed by atoms with Crippen molar-refractivity contribution in [2.24, 2.45) is 0 Å². The van der Waals surface area contributed by atoms with Gasteiger partial charge in [-0.05, 0) is 25.1 Å². The predicted molar refractivity (Wildman–Crippen MR) is 76.8 cm³/mol. The smallest absolute Gasteiger partial charge is 0.242 e. The van der Waals surface area contributed by atoms with Crippen LogP contribution >= 0.6 is 24.0 Å². The van der Waals surface area contributed by atoms with Gasteiger partial charge in [-0.2, -0.15) is 0 Å². The molecule has 8 heteroatoms. The molecule has 1 atom stereocenters. The van der Waals surface area contributed by atoms with E-state index in [-0.39, 0.29) is 28.4 Å². The molecule has 19 heavy (non-hydrogen) atoms. The van der Waals surface area contributed by atoms with Crippen LogP contribution in [0.15, 0.2) is 23.1 Å². The molecule has 2 rings (SSSR count). The van der Waals surface area contributed by atoms with E-state index in [2.05, 4.69) is 10.0 Å². The minimum Gasteiger partial charge on any atom is -0.497 e. The Hall–Kier alpha value is -0.530. The predicted octanol–water partition coefficient (Wildman–Crippen LogP) is 1.41. The van der Waals surface area contributed by atoms with Gasteiger partial charge in [0, 0.05) is 18.7 Å². The van der Waals surface area contributed by atoms with Crippen LogP contribution in [0.1, 0.15) is 6.42 Å². The molecule has 1 aliphatic heterocycles. The number of sulfonamides is 1. The largest absolute Gasteiger partial charge is 0.497 e. The minimum atomic E-state index is -3.61. The highest BCUT2D eigenvalue weighted by molar-refractivity contribution is 7.89. The highest BCUT2D eigenvalue weighted by Gasteiger charge is 2.24. The van der Waals surface area contributed by atoms with E-state index >= 15 is 0 Å². The van der Waals surface area contributed by atoms with E-state index in [0.717, 1.165) is 13.0 Å². The molecule has 1 aromatic rings. The van der Waals surface area contributed by atoms with Crippen LogP contribution in [-0.2, 0) is 10.0 Å². The lowest BCUT2D eigenvalue weighted by Gasteiger charge is -2.13. The Morgan fingerprint density at radius 1 is 1.47 bits per heavy atom. The molecule has 108 valence electrons. The van der Waals surface area contributed by atoms with Crippen LogP contribution in [0.2, 0.25) is 5.02 Å². The molecule has 2 N–H and O–H groups in total. The summed E-state index contributed by atoms with van der Waals surface area (Å²) < 4.78 is 32.0. The van der Waals surface area contributed by atoms with Crippen LogP contribution in [0, 0.1) is 0 Å². The summed E-state index contributed by atoms with van der Waals surface area (Å²) in [7, 11) is -2.13. The third-order valence-electron chi connectivity index (χ3n) is 2.81. The van der Waals surface area contributed by atoms with Crippen LogP contribution in [-0.4, -0.2) is 34.7 Å². The fraction of sp³-hybridized carbons (Fsp3) is 0.455. The number of nitrogens with one attached hydrogen (secondary N) is 2. The van der Waals surface area contributed by atoms with Gasteiger partial charge in [0.15, 0.2) is 0 Å². The van der Waals surface area contributed by atoms with Gasteiger partial charge in [0.05, 0.1) is 12.1 Å². The molecule has 0 bridgehead atoms. The Morgan fingerprint density at radius 3 is 2.79 bits per heavy atom. The molecular formula is C11H16Cl2N2O3S. The first-order valence-electron chi connectivity index (χ1n) is 5.59. The number of ether oxygens (including phenoxy) is 1. The van der Waals surface area contributed by atoms with Crippen LogP contribution in [0.4, 0.5) is 0 Å². The zero-order chi connectivity index (χ0) is 13.2.